The molecule has 0 aliphatic heterocycles. The van der Waals surface area contributed by atoms with Crippen LogP contribution in [-0.4, -0.2) is 6.03 Å². The number of anilines is 1. The number of urea groups is 1. The van der Waals surface area contributed by atoms with Crippen molar-refractivity contribution < 1.29 is 4.79 Å². The third-order valence-corrected chi connectivity index (χ3v) is 4.28. The normalized spacial score (nSPS) is 16.4. The van der Waals surface area contributed by atoms with Gasteiger partial charge in [-0.25, -0.2) is 4.79 Å². The highest BCUT2D eigenvalue weighted by Crippen LogP contribution is 2.30. The molecule has 2 N–H and O–H groups in total. The Morgan fingerprint density at radius 1 is 1.24 bits per heavy atom. The van der Waals surface area contributed by atoms with Crippen molar-refractivity contribution in [2.75, 3.05) is 5.32 Å². The van der Waals surface area contributed by atoms with Gasteiger partial charge in [-0.2, -0.15) is 0 Å². The summed E-state index contributed by atoms with van der Waals surface area (Å²) in [6.07, 6.45) is 1.96. The number of rotatable bonds is 2. The van der Waals surface area contributed by atoms with E-state index in [1.807, 2.05) is 31.2 Å². The van der Waals surface area contributed by atoms with Crippen molar-refractivity contribution >= 4 is 23.3 Å². The van der Waals surface area contributed by atoms with Crippen LogP contribution in [0.2, 0.25) is 5.02 Å². The Labute approximate surface area is 129 Å². The van der Waals surface area contributed by atoms with Crippen molar-refractivity contribution in [3.05, 3.63) is 64.2 Å². The minimum Gasteiger partial charge on any atom is -0.331 e. The maximum absolute atomic E-state index is 12.1. The number of hydrogen-bond acceptors (Lipinski definition) is 1. The van der Waals surface area contributed by atoms with Gasteiger partial charge in [0.2, 0.25) is 0 Å². The van der Waals surface area contributed by atoms with Crippen molar-refractivity contribution in [2.45, 2.75) is 25.8 Å². The van der Waals surface area contributed by atoms with E-state index in [9.17, 15) is 4.79 Å². The molecule has 0 aromatic heterocycles. The Bertz CT molecular complexity index is 684. The van der Waals surface area contributed by atoms with Crippen molar-refractivity contribution in [2.24, 2.45) is 0 Å². The second kappa shape index (κ2) is 5.78. The fraction of sp³-hybridized carbons (Fsp3) is 0.235. The lowest BCUT2D eigenvalue weighted by Crippen LogP contribution is -2.31. The predicted molar refractivity (Wildman–Crippen MR) is 85.8 cm³/mol. The minimum atomic E-state index is -0.198. The first-order valence-electron chi connectivity index (χ1n) is 7.05. The summed E-state index contributed by atoms with van der Waals surface area (Å²) in [6.45, 7) is 1.93. The quantitative estimate of drug-likeness (QED) is 0.845. The van der Waals surface area contributed by atoms with Gasteiger partial charge in [0, 0.05) is 10.7 Å². The molecule has 108 valence electrons. The van der Waals surface area contributed by atoms with E-state index >= 15 is 0 Å². The maximum atomic E-state index is 12.1. The Hall–Kier alpha value is -2.00. The van der Waals surface area contributed by atoms with Crippen LogP contribution in [0.3, 0.4) is 0 Å². The molecule has 0 spiro atoms. The molecule has 2 amide bonds. The molecule has 0 saturated heterocycles. The van der Waals surface area contributed by atoms with Gasteiger partial charge in [0.05, 0.1) is 6.04 Å². The zero-order valence-electron chi connectivity index (χ0n) is 11.8. The van der Waals surface area contributed by atoms with Crippen LogP contribution in [0.1, 0.15) is 29.2 Å². The first-order chi connectivity index (χ1) is 10.1. The molecule has 1 unspecified atom stereocenters. The lowest BCUT2D eigenvalue weighted by molar-refractivity contribution is 0.248. The highest BCUT2D eigenvalue weighted by Gasteiger charge is 2.23. The number of hydrogen-bond donors (Lipinski definition) is 2. The molecule has 1 aliphatic carbocycles. The summed E-state index contributed by atoms with van der Waals surface area (Å²) in [5, 5.41) is 6.51. The second-order valence-electron chi connectivity index (χ2n) is 5.35. The van der Waals surface area contributed by atoms with E-state index in [2.05, 4.69) is 22.8 Å². The molecule has 3 rings (SSSR count). The SMILES string of the molecule is Cc1ccc(NC(=O)NC2CCc3ccccc32)cc1Cl. The monoisotopic (exact) mass is 300 g/mol. The molecule has 0 heterocycles. The number of carbonyl (C=O) groups is 1. The molecular formula is C17H17ClN2O. The number of benzene rings is 2. The Balaban J connectivity index is 1.66. The Morgan fingerprint density at radius 2 is 2.05 bits per heavy atom. The van der Waals surface area contributed by atoms with Gasteiger partial charge >= 0.3 is 6.03 Å². The fourth-order valence-electron chi connectivity index (χ4n) is 2.70. The molecule has 0 fully saturated rings. The van der Waals surface area contributed by atoms with Crippen LogP contribution in [0, 0.1) is 6.92 Å². The summed E-state index contributed by atoms with van der Waals surface area (Å²) in [6, 6.07) is 13.6. The van der Waals surface area contributed by atoms with Crippen LogP contribution in [0.25, 0.3) is 0 Å². The number of halogens is 1. The number of nitrogens with one attached hydrogen (secondary N) is 2. The van der Waals surface area contributed by atoms with Crippen molar-refractivity contribution in [1.82, 2.24) is 5.32 Å². The van der Waals surface area contributed by atoms with Crippen molar-refractivity contribution in [3.8, 4) is 0 Å². The van der Waals surface area contributed by atoms with E-state index in [0.29, 0.717) is 10.7 Å². The predicted octanol–water partition coefficient (Wildman–Crippen LogP) is 4.46. The highest BCUT2D eigenvalue weighted by molar-refractivity contribution is 6.31. The average molecular weight is 301 g/mol. The molecule has 0 radical (unpaired) electrons. The lowest BCUT2D eigenvalue weighted by Gasteiger charge is -2.15. The summed E-state index contributed by atoms with van der Waals surface area (Å²) in [5.74, 6) is 0. The molecule has 1 aliphatic rings. The maximum Gasteiger partial charge on any atom is 0.319 e. The standard InChI is InChI=1S/C17H17ClN2O/c1-11-6-8-13(10-15(11)18)19-17(21)20-16-9-7-12-4-2-3-5-14(12)16/h2-6,8,10,16H,7,9H2,1H3,(H2,19,20,21). The molecule has 21 heavy (non-hydrogen) atoms. The number of carbonyl (C=O) groups excluding carboxylic acids is 1. The molecule has 4 heteroatoms. The molecule has 0 bridgehead atoms. The Morgan fingerprint density at radius 3 is 2.86 bits per heavy atom. The third-order valence-electron chi connectivity index (χ3n) is 3.87. The van der Waals surface area contributed by atoms with Gasteiger partial charge in [-0.15, -0.1) is 0 Å². The van der Waals surface area contributed by atoms with Gasteiger partial charge in [-0.05, 0) is 48.6 Å². The first kappa shape index (κ1) is 14.0. The second-order valence-corrected chi connectivity index (χ2v) is 5.76. The van der Waals surface area contributed by atoms with E-state index in [1.54, 1.807) is 6.07 Å². The molecule has 3 nitrogen and oxygen atoms in total. The number of aryl methyl sites for hydroxylation is 2. The van der Waals surface area contributed by atoms with Gasteiger partial charge in [-0.3, -0.25) is 0 Å². The smallest absolute Gasteiger partial charge is 0.319 e. The molecule has 1 atom stereocenters. The van der Waals surface area contributed by atoms with Crippen molar-refractivity contribution in [3.63, 3.8) is 0 Å². The van der Waals surface area contributed by atoms with Crippen molar-refractivity contribution in [1.29, 1.82) is 0 Å². The molecule has 2 aromatic carbocycles. The number of fused-ring (bicyclic) bond motifs is 1. The van der Waals surface area contributed by atoms with Crippen LogP contribution in [0.5, 0.6) is 0 Å². The van der Waals surface area contributed by atoms with Crippen LogP contribution >= 0.6 is 11.6 Å². The van der Waals surface area contributed by atoms with E-state index < -0.39 is 0 Å². The zero-order chi connectivity index (χ0) is 14.8. The van der Waals surface area contributed by atoms with E-state index in [0.717, 1.165) is 18.4 Å². The first-order valence-corrected chi connectivity index (χ1v) is 7.43. The zero-order valence-corrected chi connectivity index (χ0v) is 12.6. The van der Waals surface area contributed by atoms with Crippen LogP contribution in [-0.2, 0) is 6.42 Å². The Kier molecular flexibility index (Phi) is 3.84. The van der Waals surface area contributed by atoms with Gasteiger partial charge in [0.1, 0.15) is 0 Å². The topological polar surface area (TPSA) is 41.1 Å². The average Bonchev–Trinajstić information content (AvgIpc) is 2.86. The van der Waals surface area contributed by atoms with Gasteiger partial charge < -0.3 is 10.6 Å². The van der Waals surface area contributed by atoms with Crippen LogP contribution in [0.15, 0.2) is 42.5 Å². The summed E-state index contributed by atoms with van der Waals surface area (Å²) in [7, 11) is 0. The van der Waals surface area contributed by atoms with Gasteiger partial charge in [-0.1, -0.05) is 41.9 Å². The fourth-order valence-corrected chi connectivity index (χ4v) is 2.88. The van der Waals surface area contributed by atoms with Crippen LogP contribution in [0.4, 0.5) is 10.5 Å². The van der Waals surface area contributed by atoms with Crippen LogP contribution < -0.4 is 10.6 Å². The highest BCUT2D eigenvalue weighted by atomic mass is 35.5. The number of amides is 2. The summed E-state index contributed by atoms with van der Waals surface area (Å²) in [5.41, 5.74) is 4.23. The van der Waals surface area contributed by atoms with Gasteiger partial charge in [0.15, 0.2) is 0 Å². The van der Waals surface area contributed by atoms with Gasteiger partial charge in [0.25, 0.3) is 0 Å². The lowest BCUT2D eigenvalue weighted by atomic mass is 10.1. The molecular weight excluding hydrogens is 284 g/mol. The summed E-state index contributed by atoms with van der Waals surface area (Å²) in [4.78, 5) is 12.1. The third kappa shape index (κ3) is 3.03. The summed E-state index contributed by atoms with van der Waals surface area (Å²) < 4.78 is 0. The van der Waals surface area contributed by atoms with E-state index in [4.69, 9.17) is 11.6 Å². The van der Waals surface area contributed by atoms with E-state index in [-0.39, 0.29) is 12.1 Å². The molecule has 0 saturated carbocycles. The minimum absolute atomic E-state index is 0.0853. The van der Waals surface area contributed by atoms with E-state index in [1.165, 1.54) is 11.1 Å². The molecule has 2 aromatic rings. The largest absolute Gasteiger partial charge is 0.331 e. The summed E-state index contributed by atoms with van der Waals surface area (Å²) >= 11 is 6.06.